The van der Waals surface area contributed by atoms with Crippen molar-refractivity contribution in [1.82, 2.24) is 9.97 Å². The lowest BCUT2D eigenvalue weighted by molar-refractivity contribution is 0.263. The van der Waals surface area contributed by atoms with E-state index < -0.39 is 0 Å². The Morgan fingerprint density at radius 2 is 1.79 bits per heavy atom. The molecule has 4 rings (SSSR count). The Bertz CT molecular complexity index is 737. The lowest BCUT2D eigenvalue weighted by Gasteiger charge is -2.41. The van der Waals surface area contributed by atoms with Gasteiger partial charge in [0.25, 0.3) is 0 Å². The smallest absolute Gasteiger partial charge is 0.128 e. The molecule has 2 aliphatic heterocycles. The fourth-order valence-corrected chi connectivity index (χ4v) is 4.05. The van der Waals surface area contributed by atoms with Crippen LogP contribution < -0.4 is 9.80 Å². The predicted octanol–water partition coefficient (Wildman–Crippen LogP) is 2.85. The SMILES string of the molecule is N#Cc1ccc(N2CC[C@]3(CCCN(c4ccccn4)C3)C2)nc1. The summed E-state index contributed by atoms with van der Waals surface area (Å²) in [5, 5.41) is 8.91. The number of aromatic nitrogens is 2. The van der Waals surface area contributed by atoms with Gasteiger partial charge in [0.15, 0.2) is 0 Å². The van der Waals surface area contributed by atoms with Crippen molar-refractivity contribution >= 4 is 11.6 Å². The maximum atomic E-state index is 8.91. The van der Waals surface area contributed by atoms with Gasteiger partial charge >= 0.3 is 0 Å². The highest BCUT2D eigenvalue weighted by molar-refractivity contribution is 5.45. The molecule has 122 valence electrons. The molecular formula is C19H21N5. The lowest BCUT2D eigenvalue weighted by Crippen LogP contribution is -2.45. The normalized spacial score (nSPS) is 23.5. The van der Waals surface area contributed by atoms with E-state index in [-0.39, 0.29) is 0 Å². The van der Waals surface area contributed by atoms with E-state index in [1.165, 1.54) is 19.3 Å². The van der Waals surface area contributed by atoms with Crippen LogP contribution >= 0.6 is 0 Å². The van der Waals surface area contributed by atoms with Gasteiger partial charge in [0.05, 0.1) is 5.56 Å². The number of hydrogen-bond acceptors (Lipinski definition) is 5. The van der Waals surface area contributed by atoms with E-state index in [9.17, 15) is 0 Å². The fraction of sp³-hybridized carbons (Fsp3) is 0.421. The summed E-state index contributed by atoms with van der Waals surface area (Å²) in [4.78, 5) is 13.8. The average molecular weight is 319 g/mol. The molecular weight excluding hydrogens is 298 g/mol. The Labute approximate surface area is 142 Å². The van der Waals surface area contributed by atoms with Crippen molar-refractivity contribution < 1.29 is 0 Å². The van der Waals surface area contributed by atoms with Crippen molar-refractivity contribution in [2.24, 2.45) is 5.41 Å². The summed E-state index contributed by atoms with van der Waals surface area (Å²) in [5.74, 6) is 2.08. The minimum absolute atomic E-state index is 0.325. The summed E-state index contributed by atoms with van der Waals surface area (Å²) in [7, 11) is 0. The Morgan fingerprint density at radius 3 is 2.50 bits per heavy atom. The van der Waals surface area contributed by atoms with Crippen molar-refractivity contribution in [1.29, 1.82) is 5.26 Å². The molecule has 0 radical (unpaired) electrons. The standard InChI is InChI=1S/C19H21N5/c20-12-16-5-6-18(22-13-16)24-11-8-19(15-24)7-3-10-23(14-19)17-4-1-2-9-21-17/h1-2,4-6,9,13H,3,7-8,10-11,14-15H2/t19-/m0/s1. The van der Waals surface area contributed by atoms with Crippen LogP contribution in [0.3, 0.4) is 0 Å². The predicted molar refractivity (Wildman–Crippen MR) is 93.9 cm³/mol. The largest absolute Gasteiger partial charge is 0.356 e. The molecule has 4 heterocycles. The first kappa shape index (κ1) is 14.9. The number of nitriles is 1. The van der Waals surface area contributed by atoms with Crippen LogP contribution in [0.2, 0.25) is 0 Å². The van der Waals surface area contributed by atoms with Crippen molar-refractivity contribution in [2.75, 3.05) is 36.0 Å². The molecule has 0 amide bonds. The Balaban J connectivity index is 1.49. The first-order chi connectivity index (χ1) is 11.8. The Morgan fingerprint density at radius 1 is 0.958 bits per heavy atom. The summed E-state index contributed by atoms with van der Waals surface area (Å²) in [6.45, 7) is 4.23. The van der Waals surface area contributed by atoms with E-state index in [1.807, 2.05) is 24.4 Å². The number of piperidine rings is 1. The topological polar surface area (TPSA) is 56.1 Å². The molecule has 0 bridgehead atoms. The molecule has 2 aliphatic rings. The van der Waals surface area contributed by atoms with Gasteiger partial charge in [-0.2, -0.15) is 5.26 Å². The molecule has 2 aromatic heterocycles. The highest BCUT2D eigenvalue weighted by atomic mass is 15.3. The van der Waals surface area contributed by atoms with Crippen molar-refractivity contribution in [3.63, 3.8) is 0 Å². The minimum atomic E-state index is 0.325. The zero-order valence-corrected chi connectivity index (χ0v) is 13.7. The van der Waals surface area contributed by atoms with E-state index in [4.69, 9.17) is 5.26 Å². The molecule has 0 aliphatic carbocycles. The molecule has 2 fully saturated rings. The lowest BCUT2D eigenvalue weighted by atomic mass is 9.79. The maximum Gasteiger partial charge on any atom is 0.128 e. The molecule has 0 N–H and O–H groups in total. The number of anilines is 2. The second-order valence-electron chi connectivity index (χ2n) is 6.90. The molecule has 5 heteroatoms. The molecule has 0 saturated carbocycles. The maximum absolute atomic E-state index is 8.91. The van der Waals surface area contributed by atoms with Gasteiger partial charge in [0.1, 0.15) is 17.7 Å². The molecule has 1 spiro atoms. The van der Waals surface area contributed by atoms with Gasteiger partial charge < -0.3 is 9.80 Å². The van der Waals surface area contributed by atoms with Gasteiger partial charge in [-0.15, -0.1) is 0 Å². The first-order valence-corrected chi connectivity index (χ1v) is 8.55. The van der Waals surface area contributed by atoms with Crippen molar-refractivity contribution in [3.8, 4) is 6.07 Å². The molecule has 0 aromatic carbocycles. The van der Waals surface area contributed by atoms with Crippen LogP contribution in [0.5, 0.6) is 0 Å². The van der Waals surface area contributed by atoms with Crippen LogP contribution in [-0.4, -0.2) is 36.1 Å². The van der Waals surface area contributed by atoms with Crippen LogP contribution in [0.25, 0.3) is 0 Å². The fourth-order valence-electron chi connectivity index (χ4n) is 4.05. The van der Waals surface area contributed by atoms with Crippen LogP contribution in [0.4, 0.5) is 11.6 Å². The summed E-state index contributed by atoms with van der Waals surface area (Å²) in [5.41, 5.74) is 0.942. The van der Waals surface area contributed by atoms with Gasteiger partial charge in [-0.25, -0.2) is 9.97 Å². The zero-order valence-electron chi connectivity index (χ0n) is 13.7. The highest BCUT2D eigenvalue weighted by Crippen LogP contribution is 2.41. The van der Waals surface area contributed by atoms with Gasteiger partial charge in [0, 0.05) is 44.0 Å². The van der Waals surface area contributed by atoms with E-state index >= 15 is 0 Å². The molecule has 2 aromatic rings. The van der Waals surface area contributed by atoms with E-state index in [2.05, 4.69) is 38.0 Å². The summed E-state index contributed by atoms with van der Waals surface area (Å²) < 4.78 is 0. The quantitative estimate of drug-likeness (QED) is 0.852. The summed E-state index contributed by atoms with van der Waals surface area (Å²) in [6, 6.07) is 12.1. The van der Waals surface area contributed by atoms with Crippen LogP contribution in [0, 0.1) is 16.7 Å². The van der Waals surface area contributed by atoms with Gasteiger partial charge in [-0.1, -0.05) is 6.07 Å². The van der Waals surface area contributed by atoms with Crippen LogP contribution in [0.15, 0.2) is 42.7 Å². The molecule has 24 heavy (non-hydrogen) atoms. The Kier molecular flexibility index (Phi) is 3.81. The highest BCUT2D eigenvalue weighted by Gasteiger charge is 2.42. The third-order valence-corrected chi connectivity index (χ3v) is 5.27. The second kappa shape index (κ2) is 6.12. The van der Waals surface area contributed by atoms with Gasteiger partial charge in [0.2, 0.25) is 0 Å². The zero-order chi connectivity index (χ0) is 16.4. The molecule has 5 nitrogen and oxygen atoms in total. The van der Waals surface area contributed by atoms with Crippen molar-refractivity contribution in [3.05, 3.63) is 48.3 Å². The number of hydrogen-bond donors (Lipinski definition) is 0. The third kappa shape index (κ3) is 2.80. The van der Waals surface area contributed by atoms with E-state index in [0.29, 0.717) is 11.0 Å². The van der Waals surface area contributed by atoms with Gasteiger partial charge in [-0.3, -0.25) is 0 Å². The summed E-state index contributed by atoms with van der Waals surface area (Å²) in [6.07, 6.45) is 7.21. The van der Waals surface area contributed by atoms with Gasteiger partial charge in [-0.05, 0) is 43.5 Å². The number of rotatable bonds is 2. The molecule has 1 atom stereocenters. The van der Waals surface area contributed by atoms with Crippen molar-refractivity contribution in [2.45, 2.75) is 19.3 Å². The van der Waals surface area contributed by atoms with E-state index in [1.54, 1.807) is 6.20 Å². The third-order valence-electron chi connectivity index (χ3n) is 5.27. The second-order valence-corrected chi connectivity index (χ2v) is 6.90. The first-order valence-electron chi connectivity index (χ1n) is 8.55. The monoisotopic (exact) mass is 319 g/mol. The molecule has 0 unspecified atom stereocenters. The number of nitrogens with zero attached hydrogens (tertiary/aromatic N) is 5. The van der Waals surface area contributed by atoms with E-state index in [0.717, 1.165) is 37.8 Å². The number of pyridine rings is 2. The Hall–Kier alpha value is -2.61. The van der Waals surface area contributed by atoms with Crippen LogP contribution in [0.1, 0.15) is 24.8 Å². The molecule has 2 saturated heterocycles. The average Bonchev–Trinajstić information content (AvgIpc) is 3.06. The minimum Gasteiger partial charge on any atom is -0.356 e. The summed E-state index contributed by atoms with van der Waals surface area (Å²) >= 11 is 0. The van der Waals surface area contributed by atoms with Crippen LogP contribution in [-0.2, 0) is 0 Å².